The fourth-order valence-electron chi connectivity index (χ4n) is 4.30. The van der Waals surface area contributed by atoms with Crippen LogP contribution in [0, 0.1) is 29.6 Å². The van der Waals surface area contributed by atoms with Crippen molar-refractivity contribution in [2.24, 2.45) is 35.3 Å². The highest BCUT2D eigenvalue weighted by Crippen LogP contribution is 2.35. The number of nitrogens with two attached hydrogens (primary N) is 1. The normalized spacial score (nSPS) is 18.1. The van der Waals surface area contributed by atoms with Crippen LogP contribution in [0.25, 0.3) is 0 Å². The van der Waals surface area contributed by atoms with Gasteiger partial charge in [0.15, 0.2) is 0 Å². The maximum atomic E-state index is 6.27. The van der Waals surface area contributed by atoms with Gasteiger partial charge in [-0.25, -0.2) is 0 Å². The highest BCUT2D eigenvalue weighted by atomic mass is 32.1. The molecule has 0 saturated carbocycles. The Morgan fingerprint density at radius 2 is 1.46 bits per heavy atom. The number of thiol groups is 1. The van der Waals surface area contributed by atoms with Gasteiger partial charge in [-0.15, -0.1) is 0 Å². The van der Waals surface area contributed by atoms with Gasteiger partial charge in [-0.2, -0.15) is 12.6 Å². The summed E-state index contributed by atoms with van der Waals surface area (Å²) >= 11 is 4.73. The van der Waals surface area contributed by atoms with Crippen LogP contribution in [0.5, 0.6) is 0 Å². The molecule has 0 spiro atoms. The summed E-state index contributed by atoms with van der Waals surface area (Å²) in [6, 6.07) is 0. The van der Waals surface area contributed by atoms with E-state index < -0.39 is 0 Å². The van der Waals surface area contributed by atoms with Crippen molar-refractivity contribution in [1.29, 1.82) is 0 Å². The van der Waals surface area contributed by atoms with Crippen LogP contribution in [0.4, 0.5) is 0 Å². The zero-order valence-electron chi connectivity index (χ0n) is 17.4. The minimum atomic E-state index is 0.655. The molecular weight excluding hydrogens is 310 g/mol. The quantitative estimate of drug-likeness (QED) is 0.227. The summed E-state index contributed by atoms with van der Waals surface area (Å²) in [6.45, 7) is 12.7. The summed E-state index contributed by atoms with van der Waals surface area (Å²) in [6.07, 6.45) is 13.5. The largest absolute Gasteiger partial charge is 0.330 e. The van der Waals surface area contributed by atoms with E-state index in [4.69, 9.17) is 18.4 Å². The molecule has 0 aromatic heterocycles. The number of unbranched alkanes of at least 4 members (excludes halogenated alkanes) is 3. The lowest BCUT2D eigenvalue weighted by molar-refractivity contribution is 0.166. The van der Waals surface area contributed by atoms with Crippen molar-refractivity contribution >= 4 is 12.6 Å². The van der Waals surface area contributed by atoms with E-state index in [0.29, 0.717) is 11.8 Å². The van der Waals surface area contributed by atoms with Gasteiger partial charge < -0.3 is 5.73 Å². The van der Waals surface area contributed by atoms with E-state index in [0.717, 1.165) is 30.1 Å². The van der Waals surface area contributed by atoms with Crippen LogP contribution in [0.2, 0.25) is 0 Å². The first-order valence-corrected chi connectivity index (χ1v) is 11.5. The lowest BCUT2D eigenvalue weighted by Gasteiger charge is -2.36. The molecule has 2 N–H and O–H groups in total. The molecular formula is C22H47NS. The van der Waals surface area contributed by atoms with E-state index >= 15 is 0 Å². The van der Waals surface area contributed by atoms with E-state index in [1.807, 2.05) is 0 Å². The van der Waals surface area contributed by atoms with Crippen LogP contribution >= 0.6 is 12.6 Å². The highest BCUT2D eigenvalue weighted by molar-refractivity contribution is 7.80. The molecule has 5 unspecified atom stereocenters. The molecule has 1 nitrogen and oxygen atoms in total. The van der Waals surface area contributed by atoms with Crippen molar-refractivity contribution in [2.75, 3.05) is 12.3 Å². The predicted octanol–water partition coefficient (Wildman–Crippen LogP) is 6.96. The molecule has 0 aliphatic rings. The molecule has 0 bridgehead atoms. The SMILES string of the molecule is CCCCCC(C)C(CS)C(CN)C(CC)CCC(C)CCCC. The fraction of sp³-hybridized carbons (Fsp3) is 1.00. The topological polar surface area (TPSA) is 26.0 Å². The Hall–Kier alpha value is 0.310. The molecule has 24 heavy (non-hydrogen) atoms. The molecule has 0 radical (unpaired) electrons. The Labute approximate surface area is 159 Å². The number of rotatable bonds is 16. The van der Waals surface area contributed by atoms with Crippen LogP contribution in [-0.2, 0) is 0 Å². The molecule has 2 heteroatoms. The van der Waals surface area contributed by atoms with Crippen LogP contribution in [-0.4, -0.2) is 12.3 Å². The molecule has 0 aromatic rings. The number of hydrogen-bond donors (Lipinski definition) is 2. The second-order valence-corrected chi connectivity index (χ2v) is 8.58. The lowest BCUT2D eigenvalue weighted by atomic mass is 9.72. The van der Waals surface area contributed by atoms with Gasteiger partial charge in [-0.05, 0) is 48.3 Å². The smallest absolute Gasteiger partial charge is 0.00432 e. The Morgan fingerprint density at radius 1 is 0.792 bits per heavy atom. The zero-order valence-corrected chi connectivity index (χ0v) is 18.3. The zero-order chi connectivity index (χ0) is 18.4. The predicted molar refractivity (Wildman–Crippen MR) is 115 cm³/mol. The van der Waals surface area contributed by atoms with Crippen molar-refractivity contribution in [1.82, 2.24) is 0 Å². The van der Waals surface area contributed by atoms with Crippen LogP contribution in [0.15, 0.2) is 0 Å². The van der Waals surface area contributed by atoms with E-state index in [2.05, 4.69) is 34.6 Å². The number of hydrogen-bond acceptors (Lipinski definition) is 2. The molecule has 0 aliphatic heterocycles. The molecule has 0 amide bonds. The van der Waals surface area contributed by atoms with E-state index in [1.54, 1.807) is 0 Å². The van der Waals surface area contributed by atoms with E-state index in [9.17, 15) is 0 Å². The Kier molecular flexibility index (Phi) is 15.8. The maximum absolute atomic E-state index is 6.27. The second kappa shape index (κ2) is 15.6. The van der Waals surface area contributed by atoms with Gasteiger partial charge in [0.25, 0.3) is 0 Å². The average Bonchev–Trinajstić information content (AvgIpc) is 2.59. The summed E-state index contributed by atoms with van der Waals surface area (Å²) < 4.78 is 0. The Bertz CT molecular complexity index is 269. The summed E-state index contributed by atoms with van der Waals surface area (Å²) in [5.74, 6) is 4.75. The van der Waals surface area contributed by atoms with Crippen LogP contribution < -0.4 is 5.73 Å². The second-order valence-electron chi connectivity index (χ2n) is 8.21. The van der Waals surface area contributed by atoms with Crippen molar-refractivity contribution in [3.05, 3.63) is 0 Å². The van der Waals surface area contributed by atoms with Gasteiger partial charge in [0.05, 0.1) is 0 Å². The average molecular weight is 358 g/mol. The first-order valence-electron chi connectivity index (χ1n) is 10.9. The summed E-state index contributed by atoms with van der Waals surface area (Å²) in [5.41, 5.74) is 6.27. The fourth-order valence-corrected chi connectivity index (χ4v) is 4.93. The lowest BCUT2D eigenvalue weighted by Crippen LogP contribution is -2.35. The Balaban J connectivity index is 4.63. The third kappa shape index (κ3) is 9.70. The molecule has 0 aliphatic carbocycles. The van der Waals surface area contributed by atoms with Crippen molar-refractivity contribution in [3.63, 3.8) is 0 Å². The third-order valence-corrected chi connectivity index (χ3v) is 6.66. The van der Waals surface area contributed by atoms with Gasteiger partial charge >= 0.3 is 0 Å². The molecule has 0 saturated heterocycles. The minimum absolute atomic E-state index is 0.655. The van der Waals surface area contributed by atoms with Crippen LogP contribution in [0.1, 0.15) is 98.8 Å². The molecule has 0 fully saturated rings. The third-order valence-electron chi connectivity index (χ3n) is 6.24. The Morgan fingerprint density at radius 3 is 1.96 bits per heavy atom. The van der Waals surface area contributed by atoms with Gasteiger partial charge in [-0.3, -0.25) is 0 Å². The summed E-state index contributed by atoms with van der Waals surface area (Å²) in [4.78, 5) is 0. The van der Waals surface area contributed by atoms with E-state index in [1.165, 1.54) is 64.2 Å². The van der Waals surface area contributed by atoms with Crippen molar-refractivity contribution in [3.8, 4) is 0 Å². The summed E-state index contributed by atoms with van der Waals surface area (Å²) in [7, 11) is 0. The first kappa shape index (κ1) is 24.3. The van der Waals surface area contributed by atoms with Gasteiger partial charge in [0, 0.05) is 0 Å². The highest BCUT2D eigenvalue weighted by Gasteiger charge is 2.30. The standard InChI is InChI=1S/C22H47NS/c1-6-9-11-13-19(5)22(17-24)21(16-23)20(8-3)15-14-18(4)12-10-7-2/h18-22,24H,6-17,23H2,1-5H3. The molecule has 146 valence electrons. The van der Waals surface area contributed by atoms with Crippen molar-refractivity contribution < 1.29 is 0 Å². The van der Waals surface area contributed by atoms with E-state index in [-0.39, 0.29) is 0 Å². The molecule has 0 aromatic carbocycles. The molecule has 5 atom stereocenters. The maximum Gasteiger partial charge on any atom is -0.00432 e. The van der Waals surface area contributed by atoms with Crippen molar-refractivity contribution in [2.45, 2.75) is 98.8 Å². The van der Waals surface area contributed by atoms with Crippen LogP contribution in [0.3, 0.4) is 0 Å². The first-order chi connectivity index (χ1) is 11.5. The minimum Gasteiger partial charge on any atom is -0.330 e. The van der Waals surface area contributed by atoms with Gasteiger partial charge in [-0.1, -0.05) is 92.4 Å². The monoisotopic (exact) mass is 357 g/mol. The molecule has 0 rings (SSSR count). The van der Waals surface area contributed by atoms with Gasteiger partial charge in [0.1, 0.15) is 0 Å². The summed E-state index contributed by atoms with van der Waals surface area (Å²) in [5, 5.41) is 0. The molecule has 0 heterocycles. The van der Waals surface area contributed by atoms with Gasteiger partial charge in [0.2, 0.25) is 0 Å².